The first-order chi connectivity index (χ1) is 27.1. The van der Waals surface area contributed by atoms with Crippen LogP contribution in [0.15, 0.2) is 207 Å². The van der Waals surface area contributed by atoms with Crippen molar-refractivity contribution in [2.45, 2.75) is 31.2 Å². The van der Waals surface area contributed by atoms with Crippen molar-refractivity contribution < 1.29 is 14.6 Å². The van der Waals surface area contributed by atoms with Crippen molar-refractivity contribution in [3.63, 3.8) is 0 Å². The number of ether oxygens (including phenoxy) is 1. The molecule has 6 aromatic carbocycles. The highest BCUT2D eigenvalue weighted by atomic mass is 16.5. The lowest BCUT2D eigenvalue weighted by atomic mass is 9.77. The minimum atomic E-state index is -0.606. The topological polar surface area (TPSA) is 82.2 Å². The summed E-state index contributed by atoms with van der Waals surface area (Å²) in [6.07, 6.45) is 7.49. The van der Waals surface area contributed by atoms with E-state index >= 15 is 0 Å². The molecular formula is C48H42N4O3. The number of aliphatic hydroxyl groups is 1. The minimum absolute atomic E-state index is 0.0819. The van der Waals surface area contributed by atoms with Crippen molar-refractivity contribution in [1.82, 2.24) is 19.1 Å². The van der Waals surface area contributed by atoms with Crippen LogP contribution in [-0.4, -0.2) is 30.2 Å². The van der Waals surface area contributed by atoms with Crippen LogP contribution >= 0.6 is 0 Å². The maximum absolute atomic E-state index is 11.2. The molecule has 2 heterocycles. The van der Waals surface area contributed by atoms with E-state index in [1.807, 2.05) is 91.5 Å². The summed E-state index contributed by atoms with van der Waals surface area (Å²) in [5.41, 5.74) is 6.95. The standard InChI is InChI=1S/C25H22N2O2.C23H20N2O/c1-20(28)29-18-24-17-27(19-26-24)25(21-11-5-2-6-12-21,22-13-7-3-8-14-22)23-15-9-4-10-16-23;26-17-22-16-25(18-24-22)23(19-10-4-1-5-11-19,20-12-6-2-7-13-20)21-14-8-3-9-15-21/h2-17,19H,18H2,1H3;1-16,18,26H,17H2. The zero-order chi connectivity index (χ0) is 37.9. The fourth-order valence-corrected chi connectivity index (χ4v) is 7.40. The Balaban J connectivity index is 0.000000170. The molecule has 0 saturated carbocycles. The third kappa shape index (κ3) is 7.38. The van der Waals surface area contributed by atoms with Gasteiger partial charge in [0.25, 0.3) is 0 Å². The Hall–Kier alpha value is -6.83. The lowest BCUT2D eigenvalue weighted by Gasteiger charge is -2.37. The molecule has 8 rings (SSSR count). The summed E-state index contributed by atoms with van der Waals surface area (Å²) in [5, 5.41) is 9.55. The van der Waals surface area contributed by atoms with Gasteiger partial charge in [-0.25, -0.2) is 9.97 Å². The first kappa shape index (κ1) is 36.5. The molecule has 2 aromatic heterocycles. The van der Waals surface area contributed by atoms with Gasteiger partial charge >= 0.3 is 5.97 Å². The van der Waals surface area contributed by atoms with E-state index in [2.05, 4.69) is 128 Å². The molecule has 0 bridgehead atoms. The molecule has 7 heteroatoms. The van der Waals surface area contributed by atoms with Gasteiger partial charge in [0.2, 0.25) is 0 Å². The summed E-state index contributed by atoms with van der Waals surface area (Å²) in [4.78, 5) is 20.1. The number of rotatable bonds is 11. The van der Waals surface area contributed by atoms with Crippen LogP contribution in [0.25, 0.3) is 0 Å². The number of carbonyl (C=O) groups excluding carboxylic acids is 1. The number of benzene rings is 6. The van der Waals surface area contributed by atoms with Gasteiger partial charge in [-0.2, -0.15) is 0 Å². The molecule has 0 fully saturated rings. The predicted molar refractivity (Wildman–Crippen MR) is 215 cm³/mol. The Morgan fingerprint density at radius 3 is 1.02 bits per heavy atom. The lowest BCUT2D eigenvalue weighted by molar-refractivity contribution is -0.142. The van der Waals surface area contributed by atoms with Gasteiger partial charge in [-0.3, -0.25) is 4.79 Å². The van der Waals surface area contributed by atoms with Crippen LogP contribution in [0.4, 0.5) is 0 Å². The third-order valence-corrected chi connectivity index (χ3v) is 9.78. The van der Waals surface area contributed by atoms with Crippen LogP contribution in [0.1, 0.15) is 51.7 Å². The van der Waals surface area contributed by atoms with E-state index in [1.165, 1.54) is 6.92 Å². The van der Waals surface area contributed by atoms with Crippen LogP contribution in [0.3, 0.4) is 0 Å². The highest BCUT2D eigenvalue weighted by Gasteiger charge is 2.39. The minimum Gasteiger partial charge on any atom is -0.459 e. The number of hydrogen-bond acceptors (Lipinski definition) is 5. The predicted octanol–water partition coefficient (Wildman–Crippen LogP) is 9.00. The molecule has 7 nitrogen and oxygen atoms in total. The van der Waals surface area contributed by atoms with Gasteiger partial charge in [0, 0.05) is 19.3 Å². The van der Waals surface area contributed by atoms with E-state index in [-0.39, 0.29) is 19.2 Å². The normalized spacial score (nSPS) is 11.3. The van der Waals surface area contributed by atoms with Gasteiger partial charge < -0.3 is 19.0 Å². The van der Waals surface area contributed by atoms with Crippen molar-refractivity contribution in [1.29, 1.82) is 0 Å². The molecule has 8 aromatic rings. The van der Waals surface area contributed by atoms with E-state index < -0.39 is 11.1 Å². The fourth-order valence-electron chi connectivity index (χ4n) is 7.40. The second kappa shape index (κ2) is 16.9. The van der Waals surface area contributed by atoms with Gasteiger partial charge in [0.1, 0.15) is 17.7 Å². The van der Waals surface area contributed by atoms with Gasteiger partial charge in [0.15, 0.2) is 0 Å². The molecule has 0 radical (unpaired) electrons. The van der Waals surface area contributed by atoms with Gasteiger partial charge in [-0.05, 0) is 33.4 Å². The Kier molecular flexibility index (Phi) is 11.2. The smallest absolute Gasteiger partial charge is 0.303 e. The van der Waals surface area contributed by atoms with Gasteiger partial charge in [-0.1, -0.05) is 182 Å². The monoisotopic (exact) mass is 722 g/mol. The number of esters is 1. The molecular weight excluding hydrogens is 681 g/mol. The molecule has 0 aliphatic carbocycles. The Labute approximate surface area is 321 Å². The number of carbonyl (C=O) groups is 1. The molecule has 55 heavy (non-hydrogen) atoms. The Morgan fingerprint density at radius 1 is 0.491 bits per heavy atom. The van der Waals surface area contributed by atoms with Crippen LogP contribution < -0.4 is 0 Å². The van der Waals surface area contributed by atoms with Crippen molar-refractivity contribution in [2.75, 3.05) is 0 Å². The summed E-state index contributed by atoms with van der Waals surface area (Å²) in [6.45, 7) is 1.47. The maximum Gasteiger partial charge on any atom is 0.303 e. The first-order valence-corrected chi connectivity index (χ1v) is 18.2. The maximum atomic E-state index is 11.2. The van der Waals surface area contributed by atoms with Crippen LogP contribution in [0.5, 0.6) is 0 Å². The average molecular weight is 723 g/mol. The molecule has 1 N–H and O–H groups in total. The average Bonchev–Trinajstić information content (AvgIpc) is 3.95. The largest absolute Gasteiger partial charge is 0.459 e. The Morgan fingerprint density at radius 2 is 0.764 bits per heavy atom. The summed E-state index contributed by atoms with van der Waals surface area (Å²) in [6, 6.07) is 62.4. The van der Waals surface area contributed by atoms with E-state index in [9.17, 15) is 9.90 Å². The highest BCUT2D eigenvalue weighted by molar-refractivity contribution is 5.65. The summed E-state index contributed by atoms with van der Waals surface area (Å²) >= 11 is 0. The quantitative estimate of drug-likeness (QED) is 0.107. The van der Waals surface area contributed by atoms with Crippen LogP contribution in [0, 0.1) is 0 Å². The highest BCUT2D eigenvalue weighted by Crippen LogP contribution is 2.42. The molecule has 272 valence electrons. The van der Waals surface area contributed by atoms with E-state index in [0.29, 0.717) is 11.4 Å². The van der Waals surface area contributed by atoms with Gasteiger partial charge in [0.05, 0.1) is 30.6 Å². The number of aromatic nitrogens is 4. The number of imidazole rings is 2. The number of hydrogen-bond donors (Lipinski definition) is 1. The number of nitrogens with zero attached hydrogens (tertiary/aromatic N) is 4. The molecule has 0 unspecified atom stereocenters. The summed E-state index contributed by atoms with van der Waals surface area (Å²) in [5.74, 6) is -0.319. The molecule has 0 atom stereocenters. The molecule has 0 aliphatic rings. The molecule has 0 aliphatic heterocycles. The molecule has 0 amide bonds. The summed E-state index contributed by atoms with van der Waals surface area (Å²) < 4.78 is 9.36. The SMILES string of the molecule is CC(=O)OCc1cn(C(c2ccccc2)(c2ccccc2)c2ccccc2)cn1.OCc1cn(C(c2ccccc2)(c2ccccc2)c2ccccc2)cn1. The Bertz CT molecular complexity index is 2190. The number of aliphatic hydroxyl groups excluding tert-OH is 1. The third-order valence-electron chi connectivity index (χ3n) is 9.78. The second-order valence-corrected chi connectivity index (χ2v) is 13.1. The van der Waals surface area contributed by atoms with Crippen LogP contribution in [-0.2, 0) is 33.8 Å². The zero-order valence-corrected chi connectivity index (χ0v) is 30.6. The van der Waals surface area contributed by atoms with E-state index in [4.69, 9.17) is 4.74 Å². The summed E-state index contributed by atoms with van der Waals surface area (Å²) in [7, 11) is 0. The van der Waals surface area contributed by atoms with Crippen molar-refractivity contribution in [2.24, 2.45) is 0 Å². The van der Waals surface area contributed by atoms with Crippen molar-refractivity contribution in [3.05, 3.63) is 252 Å². The van der Waals surface area contributed by atoms with Crippen molar-refractivity contribution >= 4 is 5.97 Å². The van der Waals surface area contributed by atoms with Gasteiger partial charge in [-0.15, -0.1) is 0 Å². The molecule has 0 saturated heterocycles. The van der Waals surface area contributed by atoms with E-state index in [1.54, 1.807) is 6.33 Å². The van der Waals surface area contributed by atoms with Crippen LogP contribution in [0.2, 0.25) is 0 Å². The first-order valence-electron chi connectivity index (χ1n) is 18.2. The van der Waals surface area contributed by atoms with E-state index in [0.717, 1.165) is 33.4 Å². The second-order valence-electron chi connectivity index (χ2n) is 13.1. The van der Waals surface area contributed by atoms with Crippen molar-refractivity contribution in [3.8, 4) is 0 Å². The zero-order valence-electron chi connectivity index (χ0n) is 30.6. The fraction of sp³-hybridized carbons (Fsp3) is 0.104. The lowest BCUT2D eigenvalue weighted by Crippen LogP contribution is -2.36. The molecule has 0 spiro atoms.